The van der Waals surface area contributed by atoms with Crippen LogP contribution in [-0.4, -0.2) is 29.3 Å². The van der Waals surface area contributed by atoms with E-state index in [-0.39, 0.29) is 12.3 Å². The van der Waals surface area contributed by atoms with Gasteiger partial charge in [0.25, 0.3) is 5.91 Å². The van der Waals surface area contributed by atoms with Gasteiger partial charge in [-0.1, -0.05) is 47.5 Å². The molecule has 1 aliphatic rings. The standard InChI is InChI=1S/C26H20BrCl2N3O4/c1-15-3-2-4-19(9-15)30-24(33)13-32-25(34)22(31-26(32)35)11-16-5-8-23(20(27)10-16)36-14-17-6-7-18(28)12-21(17)29/h2-12H,13-14H2,1H3,(H,30,33)(H,31,35)/b22-11+. The van der Waals surface area contributed by atoms with Gasteiger partial charge in [-0.2, -0.15) is 0 Å². The molecule has 7 nitrogen and oxygen atoms in total. The van der Waals surface area contributed by atoms with E-state index < -0.39 is 24.4 Å². The summed E-state index contributed by atoms with van der Waals surface area (Å²) in [6.45, 7) is 1.74. The maximum atomic E-state index is 12.8. The van der Waals surface area contributed by atoms with Gasteiger partial charge >= 0.3 is 6.03 Å². The molecule has 1 saturated heterocycles. The molecule has 4 rings (SSSR count). The van der Waals surface area contributed by atoms with Crippen LogP contribution in [0.3, 0.4) is 0 Å². The number of carbonyl (C=O) groups is 3. The Labute approximate surface area is 226 Å². The molecule has 1 fully saturated rings. The van der Waals surface area contributed by atoms with E-state index in [1.807, 2.05) is 13.0 Å². The lowest BCUT2D eigenvalue weighted by Gasteiger charge is -2.12. The largest absolute Gasteiger partial charge is 0.488 e. The molecule has 0 atom stereocenters. The SMILES string of the molecule is Cc1cccc(NC(=O)CN2C(=O)N/C(=C/c3ccc(OCc4ccc(Cl)cc4Cl)c(Br)c3)C2=O)c1. The van der Waals surface area contributed by atoms with Crippen molar-refractivity contribution in [2.45, 2.75) is 13.5 Å². The minimum atomic E-state index is -0.662. The van der Waals surface area contributed by atoms with Crippen molar-refractivity contribution < 1.29 is 19.1 Å². The van der Waals surface area contributed by atoms with E-state index in [0.717, 1.165) is 16.0 Å². The van der Waals surface area contributed by atoms with Gasteiger partial charge in [0.15, 0.2) is 0 Å². The third-order valence-electron chi connectivity index (χ3n) is 5.23. The van der Waals surface area contributed by atoms with Crippen LogP contribution in [0.4, 0.5) is 10.5 Å². The second-order valence-corrected chi connectivity index (χ2v) is 9.71. The second-order valence-electron chi connectivity index (χ2n) is 8.01. The van der Waals surface area contributed by atoms with Gasteiger partial charge in [-0.15, -0.1) is 0 Å². The average Bonchev–Trinajstić information content (AvgIpc) is 3.07. The number of hydrogen-bond acceptors (Lipinski definition) is 4. The number of benzene rings is 3. The van der Waals surface area contributed by atoms with E-state index in [1.165, 1.54) is 6.08 Å². The molecule has 0 spiro atoms. The Hall–Kier alpha value is -3.33. The molecule has 0 aromatic heterocycles. The molecule has 3 aromatic carbocycles. The maximum absolute atomic E-state index is 12.8. The maximum Gasteiger partial charge on any atom is 0.329 e. The zero-order chi connectivity index (χ0) is 25.8. The highest BCUT2D eigenvalue weighted by molar-refractivity contribution is 9.10. The van der Waals surface area contributed by atoms with Crippen molar-refractivity contribution in [2.24, 2.45) is 0 Å². The summed E-state index contributed by atoms with van der Waals surface area (Å²) in [5.41, 5.74) is 3.06. The highest BCUT2D eigenvalue weighted by atomic mass is 79.9. The summed E-state index contributed by atoms with van der Waals surface area (Å²) < 4.78 is 6.49. The monoisotopic (exact) mass is 587 g/mol. The quantitative estimate of drug-likeness (QED) is 0.255. The molecular weight excluding hydrogens is 569 g/mol. The number of amides is 4. The number of hydrogen-bond donors (Lipinski definition) is 2. The number of ether oxygens (including phenoxy) is 1. The number of aryl methyl sites for hydroxylation is 1. The third kappa shape index (κ3) is 6.26. The number of nitrogens with one attached hydrogen (secondary N) is 2. The number of anilines is 1. The third-order valence-corrected chi connectivity index (χ3v) is 6.44. The molecule has 0 saturated carbocycles. The molecule has 10 heteroatoms. The molecule has 0 radical (unpaired) electrons. The Balaban J connectivity index is 1.40. The lowest BCUT2D eigenvalue weighted by Crippen LogP contribution is -2.38. The van der Waals surface area contributed by atoms with Gasteiger partial charge in [-0.3, -0.25) is 9.59 Å². The first-order valence-electron chi connectivity index (χ1n) is 10.8. The molecule has 184 valence electrons. The number of carbonyl (C=O) groups excluding carboxylic acids is 3. The van der Waals surface area contributed by atoms with Crippen LogP contribution in [-0.2, 0) is 16.2 Å². The summed E-state index contributed by atoms with van der Waals surface area (Å²) in [5, 5.41) is 6.26. The normalized spacial score (nSPS) is 14.2. The zero-order valence-electron chi connectivity index (χ0n) is 19.0. The highest BCUT2D eigenvalue weighted by Gasteiger charge is 2.35. The predicted molar refractivity (Wildman–Crippen MR) is 143 cm³/mol. The number of urea groups is 1. The first-order chi connectivity index (χ1) is 17.2. The molecule has 1 aliphatic heterocycles. The molecule has 36 heavy (non-hydrogen) atoms. The fraction of sp³-hybridized carbons (Fsp3) is 0.115. The average molecular weight is 589 g/mol. The van der Waals surface area contributed by atoms with Crippen molar-refractivity contribution in [2.75, 3.05) is 11.9 Å². The summed E-state index contributed by atoms with van der Waals surface area (Å²) in [4.78, 5) is 38.3. The molecule has 1 heterocycles. The summed E-state index contributed by atoms with van der Waals surface area (Å²) in [6, 6.07) is 17.0. The second kappa shape index (κ2) is 11.2. The summed E-state index contributed by atoms with van der Waals surface area (Å²) in [6.07, 6.45) is 1.53. The Morgan fingerprint density at radius 1 is 1.11 bits per heavy atom. The lowest BCUT2D eigenvalue weighted by molar-refractivity contribution is -0.127. The van der Waals surface area contributed by atoms with Crippen molar-refractivity contribution in [3.05, 3.63) is 97.6 Å². The Kier molecular flexibility index (Phi) is 7.98. The van der Waals surface area contributed by atoms with Gasteiger partial charge in [0.05, 0.1) is 4.47 Å². The summed E-state index contributed by atoms with van der Waals surface area (Å²) >= 11 is 15.6. The number of halogens is 3. The molecule has 0 bridgehead atoms. The molecule has 2 N–H and O–H groups in total. The topological polar surface area (TPSA) is 87.7 Å². The molecule has 4 amide bonds. The van der Waals surface area contributed by atoms with Crippen LogP contribution in [0.5, 0.6) is 5.75 Å². The first-order valence-corrected chi connectivity index (χ1v) is 12.3. The van der Waals surface area contributed by atoms with Crippen LogP contribution < -0.4 is 15.4 Å². The van der Waals surface area contributed by atoms with Crippen LogP contribution in [0.25, 0.3) is 6.08 Å². The Morgan fingerprint density at radius 2 is 1.92 bits per heavy atom. The summed E-state index contributed by atoms with van der Waals surface area (Å²) in [7, 11) is 0. The first kappa shape index (κ1) is 25.8. The molecule has 0 unspecified atom stereocenters. The van der Waals surface area contributed by atoms with Crippen LogP contribution in [0, 0.1) is 6.92 Å². The van der Waals surface area contributed by atoms with Gasteiger partial charge in [-0.05, 0) is 76.5 Å². The van der Waals surface area contributed by atoms with Crippen LogP contribution in [0.2, 0.25) is 10.0 Å². The van der Waals surface area contributed by atoms with E-state index in [0.29, 0.717) is 31.5 Å². The highest BCUT2D eigenvalue weighted by Crippen LogP contribution is 2.29. The van der Waals surface area contributed by atoms with Gasteiger partial charge in [0.2, 0.25) is 5.91 Å². The Morgan fingerprint density at radius 3 is 2.64 bits per heavy atom. The van der Waals surface area contributed by atoms with Crippen LogP contribution in [0.1, 0.15) is 16.7 Å². The fourth-order valence-corrected chi connectivity index (χ4v) is 4.44. The minimum absolute atomic E-state index is 0.0665. The smallest absolute Gasteiger partial charge is 0.329 e. The van der Waals surface area contributed by atoms with Crippen molar-refractivity contribution in [1.82, 2.24) is 10.2 Å². The van der Waals surface area contributed by atoms with Crippen molar-refractivity contribution >= 4 is 68.7 Å². The van der Waals surface area contributed by atoms with Crippen molar-refractivity contribution in [3.8, 4) is 5.75 Å². The fourth-order valence-electron chi connectivity index (χ4n) is 3.47. The number of imide groups is 1. The van der Waals surface area contributed by atoms with Gasteiger partial charge < -0.3 is 15.4 Å². The Bertz CT molecular complexity index is 1390. The van der Waals surface area contributed by atoms with Crippen molar-refractivity contribution in [1.29, 1.82) is 0 Å². The van der Waals surface area contributed by atoms with E-state index in [1.54, 1.807) is 54.6 Å². The minimum Gasteiger partial charge on any atom is -0.488 e. The van der Waals surface area contributed by atoms with E-state index in [9.17, 15) is 14.4 Å². The van der Waals surface area contributed by atoms with Crippen LogP contribution >= 0.6 is 39.1 Å². The van der Waals surface area contributed by atoms with E-state index >= 15 is 0 Å². The van der Waals surface area contributed by atoms with Crippen LogP contribution in [0.15, 0.2) is 70.8 Å². The van der Waals surface area contributed by atoms with Gasteiger partial charge in [-0.25, -0.2) is 9.69 Å². The van der Waals surface area contributed by atoms with E-state index in [2.05, 4.69) is 26.6 Å². The van der Waals surface area contributed by atoms with Crippen molar-refractivity contribution in [3.63, 3.8) is 0 Å². The molecule has 0 aliphatic carbocycles. The molecule has 3 aromatic rings. The van der Waals surface area contributed by atoms with Gasteiger partial charge in [0, 0.05) is 21.3 Å². The van der Waals surface area contributed by atoms with Gasteiger partial charge in [0.1, 0.15) is 24.6 Å². The predicted octanol–water partition coefficient (Wildman–Crippen LogP) is 6.17. The molecular formula is C26H20BrCl2N3O4. The number of rotatable bonds is 7. The van der Waals surface area contributed by atoms with E-state index in [4.69, 9.17) is 27.9 Å². The summed E-state index contributed by atoms with van der Waals surface area (Å²) in [5.74, 6) is -0.497. The zero-order valence-corrected chi connectivity index (χ0v) is 22.1. The lowest BCUT2D eigenvalue weighted by atomic mass is 10.2. The number of nitrogens with zero attached hydrogens (tertiary/aromatic N) is 1.